The molecule has 0 unspecified atom stereocenters. The highest BCUT2D eigenvalue weighted by molar-refractivity contribution is 6.12. The van der Waals surface area contributed by atoms with Crippen molar-refractivity contribution < 1.29 is 4.42 Å². The zero-order valence-electron chi connectivity index (χ0n) is 30.8. The number of hydrogen-bond acceptors (Lipinski definition) is 4. The Morgan fingerprint density at radius 2 is 1.07 bits per heavy atom. The van der Waals surface area contributed by atoms with Gasteiger partial charge in [-0.1, -0.05) is 54.6 Å². The van der Waals surface area contributed by atoms with E-state index < -0.39 is 0 Å². The number of para-hydroxylation sites is 1. The van der Waals surface area contributed by atoms with Crippen LogP contribution in [0.4, 0.5) is 0 Å². The van der Waals surface area contributed by atoms with Crippen molar-refractivity contribution in [2.45, 2.75) is 12.8 Å². The number of fused-ring (bicyclic) bond motifs is 9. The lowest BCUT2D eigenvalue weighted by Crippen LogP contribution is -1.97. The predicted molar refractivity (Wildman–Crippen MR) is 233 cm³/mol. The standard InChI is InChI=1S/C51H33N5O/c1-2-10-35(11-3-1)55-44-21-17-32(29-41(44)50-46(55)15-8-26-53-50)33-19-23-48-39(28-33)40-31-36(20-24-49(40)57-48)56-45-22-18-34(30-42(45)51-47(56)16-9-27-54-51)37-12-4-5-13-38(37)43-14-6-7-25-52-43/h1-4,6-12,14-31H,5,13H2. The van der Waals surface area contributed by atoms with Crippen LogP contribution in [-0.2, 0) is 0 Å². The van der Waals surface area contributed by atoms with E-state index in [0.717, 1.165) is 107 Å². The molecule has 12 rings (SSSR count). The summed E-state index contributed by atoms with van der Waals surface area (Å²) in [7, 11) is 0. The van der Waals surface area contributed by atoms with Crippen LogP contribution in [0.15, 0.2) is 181 Å². The first-order valence-corrected chi connectivity index (χ1v) is 19.4. The molecule has 268 valence electrons. The van der Waals surface area contributed by atoms with Gasteiger partial charge in [0, 0.05) is 51.5 Å². The van der Waals surface area contributed by atoms with Crippen LogP contribution in [-0.4, -0.2) is 24.1 Å². The second kappa shape index (κ2) is 12.5. The predicted octanol–water partition coefficient (Wildman–Crippen LogP) is 12.9. The maximum atomic E-state index is 6.45. The van der Waals surface area contributed by atoms with Gasteiger partial charge in [0.05, 0.1) is 38.8 Å². The summed E-state index contributed by atoms with van der Waals surface area (Å²) in [6, 6.07) is 51.5. The van der Waals surface area contributed by atoms with Gasteiger partial charge in [-0.25, -0.2) is 0 Å². The summed E-state index contributed by atoms with van der Waals surface area (Å²) in [5.74, 6) is 0. The Labute approximate surface area is 327 Å². The van der Waals surface area contributed by atoms with Gasteiger partial charge in [0.2, 0.25) is 0 Å². The number of pyridine rings is 3. The van der Waals surface area contributed by atoms with Crippen LogP contribution in [0.3, 0.4) is 0 Å². The van der Waals surface area contributed by atoms with Crippen LogP contribution in [0.2, 0.25) is 0 Å². The number of hydrogen-bond donors (Lipinski definition) is 0. The molecule has 0 N–H and O–H groups in total. The van der Waals surface area contributed by atoms with Crippen molar-refractivity contribution in [3.63, 3.8) is 0 Å². The summed E-state index contributed by atoms with van der Waals surface area (Å²) in [4.78, 5) is 14.5. The zero-order valence-corrected chi connectivity index (χ0v) is 30.8. The summed E-state index contributed by atoms with van der Waals surface area (Å²) in [6.45, 7) is 0. The number of benzene rings is 5. The lowest BCUT2D eigenvalue weighted by molar-refractivity contribution is 0.669. The lowest BCUT2D eigenvalue weighted by Gasteiger charge is -2.16. The van der Waals surface area contributed by atoms with Gasteiger partial charge >= 0.3 is 0 Å². The van der Waals surface area contributed by atoms with E-state index >= 15 is 0 Å². The van der Waals surface area contributed by atoms with Crippen LogP contribution >= 0.6 is 0 Å². The van der Waals surface area contributed by atoms with Crippen molar-refractivity contribution >= 4 is 77.0 Å². The first-order valence-electron chi connectivity index (χ1n) is 19.4. The van der Waals surface area contributed by atoms with Crippen molar-refractivity contribution in [1.82, 2.24) is 24.1 Å². The van der Waals surface area contributed by atoms with Crippen LogP contribution < -0.4 is 0 Å². The number of furan rings is 1. The monoisotopic (exact) mass is 731 g/mol. The average Bonchev–Trinajstić information content (AvgIpc) is 3.93. The van der Waals surface area contributed by atoms with E-state index in [1.54, 1.807) is 0 Å². The van der Waals surface area contributed by atoms with Gasteiger partial charge < -0.3 is 13.6 Å². The molecule has 6 heteroatoms. The topological polar surface area (TPSA) is 61.7 Å². The molecule has 0 bridgehead atoms. The third-order valence-electron chi connectivity index (χ3n) is 11.6. The quantitative estimate of drug-likeness (QED) is 0.177. The van der Waals surface area contributed by atoms with Gasteiger partial charge in [-0.2, -0.15) is 0 Å². The summed E-state index contributed by atoms with van der Waals surface area (Å²) >= 11 is 0. The first-order chi connectivity index (χ1) is 28.3. The zero-order chi connectivity index (χ0) is 37.5. The SMILES string of the molecule is C1=CC(c2ccc3c(c2)c2ncccc2n3-c2ccc3oc4ccc(-c5ccc6c(c5)c5ncccc5n6-c5ccccc5)cc4c3c2)=C(c2ccccn2)CC1. The van der Waals surface area contributed by atoms with Gasteiger partial charge in [0.15, 0.2) is 0 Å². The summed E-state index contributed by atoms with van der Waals surface area (Å²) < 4.78 is 11.1. The van der Waals surface area contributed by atoms with Gasteiger partial charge in [0.25, 0.3) is 0 Å². The molecule has 1 aliphatic carbocycles. The minimum Gasteiger partial charge on any atom is -0.456 e. The Morgan fingerprint density at radius 1 is 0.456 bits per heavy atom. The molecule has 0 saturated carbocycles. The minimum atomic E-state index is 0.857. The summed E-state index contributed by atoms with van der Waals surface area (Å²) in [5.41, 5.74) is 17.2. The largest absolute Gasteiger partial charge is 0.456 e. The van der Waals surface area contributed by atoms with E-state index in [1.165, 1.54) is 16.7 Å². The number of aromatic nitrogens is 5. The summed E-state index contributed by atoms with van der Waals surface area (Å²) in [5, 5.41) is 4.39. The third-order valence-corrected chi connectivity index (χ3v) is 11.6. The van der Waals surface area contributed by atoms with Crippen LogP contribution in [0.1, 0.15) is 24.1 Å². The molecule has 0 amide bonds. The van der Waals surface area contributed by atoms with Crippen LogP contribution in [0, 0.1) is 0 Å². The van der Waals surface area contributed by atoms with Crippen LogP contribution in [0.25, 0.3) is 99.5 Å². The molecule has 6 nitrogen and oxygen atoms in total. The Balaban J connectivity index is 0.997. The maximum Gasteiger partial charge on any atom is 0.135 e. The van der Waals surface area contributed by atoms with Crippen molar-refractivity contribution in [3.8, 4) is 22.5 Å². The molecule has 5 aromatic carbocycles. The van der Waals surface area contributed by atoms with Crippen molar-refractivity contribution in [3.05, 3.63) is 188 Å². The first kappa shape index (κ1) is 31.7. The normalized spacial score (nSPS) is 13.3. The highest BCUT2D eigenvalue weighted by Crippen LogP contribution is 2.40. The van der Waals surface area contributed by atoms with E-state index in [1.807, 2.05) is 36.8 Å². The molecule has 6 aromatic heterocycles. The highest BCUT2D eigenvalue weighted by atomic mass is 16.3. The van der Waals surface area contributed by atoms with Crippen molar-refractivity contribution in [1.29, 1.82) is 0 Å². The Morgan fingerprint density at radius 3 is 1.81 bits per heavy atom. The molecular weight excluding hydrogens is 699 g/mol. The molecule has 0 spiro atoms. The minimum absolute atomic E-state index is 0.857. The van der Waals surface area contributed by atoms with E-state index in [-0.39, 0.29) is 0 Å². The smallest absolute Gasteiger partial charge is 0.135 e. The molecule has 0 radical (unpaired) electrons. The fourth-order valence-corrected chi connectivity index (χ4v) is 8.98. The maximum absolute atomic E-state index is 6.45. The number of rotatable bonds is 5. The van der Waals surface area contributed by atoms with E-state index in [9.17, 15) is 0 Å². The van der Waals surface area contributed by atoms with Crippen molar-refractivity contribution in [2.75, 3.05) is 0 Å². The molecule has 0 saturated heterocycles. The molecule has 0 atom stereocenters. The molecule has 1 aliphatic rings. The summed E-state index contributed by atoms with van der Waals surface area (Å²) in [6.07, 6.45) is 12.1. The highest BCUT2D eigenvalue weighted by Gasteiger charge is 2.20. The number of allylic oxidation sites excluding steroid dienone is 4. The molecule has 6 heterocycles. The third kappa shape index (κ3) is 4.94. The second-order valence-electron chi connectivity index (χ2n) is 14.8. The lowest BCUT2D eigenvalue weighted by atomic mass is 9.89. The van der Waals surface area contributed by atoms with Gasteiger partial charge in [0.1, 0.15) is 11.2 Å². The van der Waals surface area contributed by atoms with Crippen LogP contribution in [0.5, 0.6) is 0 Å². The van der Waals surface area contributed by atoms with Gasteiger partial charge in [-0.05, 0) is 144 Å². The van der Waals surface area contributed by atoms with E-state index in [4.69, 9.17) is 19.4 Å². The number of nitrogens with zero attached hydrogens (tertiary/aromatic N) is 5. The molecule has 11 aromatic rings. The fraction of sp³-hybridized carbons (Fsp3) is 0.0392. The molecule has 0 fully saturated rings. The van der Waals surface area contributed by atoms with E-state index in [2.05, 4.69) is 149 Å². The molecule has 0 aliphatic heterocycles. The average molecular weight is 732 g/mol. The van der Waals surface area contributed by atoms with Gasteiger partial charge in [-0.3, -0.25) is 15.0 Å². The Kier molecular flexibility index (Phi) is 6.95. The van der Waals surface area contributed by atoms with E-state index in [0.29, 0.717) is 0 Å². The molecule has 57 heavy (non-hydrogen) atoms. The van der Waals surface area contributed by atoms with Crippen molar-refractivity contribution in [2.24, 2.45) is 0 Å². The second-order valence-corrected chi connectivity index (χ2v) is 14.8. The molecular formula is C51H33N5O. The Bertz CT molecular complexity index is 3460. The fourth-order valence-electron chi connectivity index (χ4n) is 8.98. The van der Waals surface area contributed by atoms with Gasteiger partial charge in [-0.15, -0.1) is 0 Å². The Hall–Kier alpha value is -7.57.